The Morgan fingerprint density at radius 3 is 2.63 bits per heavy atom. The standard InChI is InChI=1S/C29H35FN6O5/c1-4-40-17-23-33-27-28(20-10-5-6-11-21(20)32-29(27)31)36(23)14-8-13-35(24(37)16-34(2)3)15-19-9-7-12-22(26(19)30)41-18-25(38)39/h5-7,9-12H,4,8,13-18H2,1-3H3,(H2,31,32)(H,38,39). The number of aryl methyl sites for hydroxylation is 1. The molecule has 2 aromatic carbocycles. The second-order valence-corrected chi connectivity index (χ2v) is 9.85. The maximum absolute atomic E-state index is 15.2. The van der Waals surface area contributed by atoms with Crippen molar-refractivity contribution in [1.82, 2.24) is 24.3 Å². The number of aromatic nitrogens is 3. The second-order valence-electron chi connectivity index (χ2n) is 9.85. The highest BCUT2D eigenvalue weighted by Gasteiger charge is 2.21. The van der Waals surface area contributed by atoms with E-state index in [9.17, 15) is 9.59 Å². The molecule has 1 amide bonds. The van der Waals surface area contributed by atoms with E-state index >= 15 is 4.39 Å². The average Bonchev–Trinajstić information content (AvgIpc) is 3.30. The number of likely N-dealkylation sites (N-methyl/N-ethyl adjacent to an activating group) is 1. The van der Waals surface area contributed by atoms with Crippen molar-refractivity contribution >= 4 is 39.6 Å². The number of imidazole rings is 1. The highest BCUT2D eigenvalue weighted by Crippen LogP contribution is 2.29. The van der Waals surface area contributed by atoms with E-state index in [4.69, 9.17) is 25.3 Å². The first-order valence-electron chi connectivity index (χ1n) is 13.3. The Morgan fingerprint density at radius 2 is 1.90 bits per heavy atom. The topological polar surface area (TPSA) is 136 Å². The fraction of sp³-hybridized carbons (Fsp3) is 0.379. The van der Waals surface area contributed by atoms with Crippen LogP contribution in [0.1, 0.15) is 24.7 Å². The molecule has 218 valence electrons. The van der Waals surface area contributed by atoms with Gasteiger partial charge in [0.1, 0.15) is 17.9 Å². The lowest BCUT2D eigenvalue weighted by Gasteiger charge is -2.25. The van der Waals surface area contributed by atoms with E-state index in [0.717, 1.165) is 16.4 Å². The van der Waals surface area contributed by atoms with Gasteiger partial charge < -0.3 is 34.7 Å². The average molecular weight is 567 g/mol. The van der Waals surface area contributed by atoms with Crippen LogP contribution < -0.4 is 10.5 Å². The fourth-order valence-corrected chi connectivity index (χ4v) is 4.67. The summed E-state index contributed by atoms with van der Waals surface area (Å²) in [6.45, 7) is 3.03. The van der Waals surface area contributed by atoms with Crippen molar-refractivity contribution in [2.24, 2.45) is 0 Å². The van der Waals surface area contributed by atoms with Gasteiger partial charge in [-0.15, -0.1) is 0 Å². The minimum absolute atomic E-state index is 0.000936. The Morgan fingerprint density at radius 1 is 1.12 bits per heavy atom. The largest absolute Gasteiger partial charge is 0.479 e. The number of para-hydroxylation sites is 1. The zero-order valence-electron chi connectivity index (χ0n) is 23.5. The third kappa shape index (κ3) is 7.08. The van der Waals surface area contributed by atoms with Gasteiger partial charge in [-0.2, -0.15) is 0 Å². The molecule has 4 aromatic rings. The molecule has 3 N–H and O–H groups in total. The van der Waals surface area contributed by atoms with Gasteiger partial charge in [-0.25, -0.2) is 19.2 Å². The molecule has 11 nitrogen and oxygen atoms in total. The second kappa shape index (κ2) is 13.4. The predicted molar refractivity (Wildman–Crippen MR) is 153 cm³/mol. The van der Waals surface area contributed by atoms with Gasteiger partial charge in [-0.1, -0.05) is 30.3 Å². The first kappa shape index (κ1) is 29.7. The van der Waals surface area contributed by atoms with Crippen LogP contribution in [0.3, 0.4) is 0 Å². The number of amides is 1. The van der Waals surface area contributed by atoms with Crippen LogP contribution in [-0.2, 0) is 34.0 Å². The van der Waals surface area contributed by atoms with E-state index in [-0.39, 0.29) is 36.9 Å². The van der Waals surface area contributed by atoms with Crippen LogP contribution in [0.2, 0.25) is 0 Å². The number of nitrogens with two attached hydrogens (primary N) is 1. The minimum atomic E-state index is -1.21. The monoisotopic (exact) mass is 566 g/mol. The van der Waals surface area contributed by atoms with E-state index in [1.165, 1.54) is 6.07 Å². The highest BCUT2D eigenvalue weighted by atomic mass is 19.1. The first-order valence-corrected chi connectivity index (χ1v) is 13.3. The summed E-state index contributed by atoms with van der Waals surface area (Å²) in [6.07, 6.45) is 0.539. The number of carbonyl (C=O) groups is 2. The molecule has 2 heterocycles. The van der Waals surface area contributed by atoms with Crippen LogP contribution >= 0.6 is 0 Å². The number of rotatable bonds is 14. The van der Waals surface area contributed by atoms with Gasteiger partial charge in [0, 0.05) is 37.2 Å². The van der Waals surface area contributed by atoms with Gasteiger partial charge in [0.2, 0.25) is 5.91 Å². The maximum atomic E-state index is 15.2. The Hall–Kier alpha value is -4.29. The molecule has 0 spiro atoms. The number of fused-ring (bicyclic) bond motifs is 3. The molecule has 0 bridgehead atoms. The molecule has 2 aromatic heterocycles. The van der Waals surface area contributed by atoms with Gasteiger partial charge in [0.05, 0.1) is 17.6 Å². The van der Waals surface area contributed by atoms with Crippen LogP contribution in [0, 0.1) is 5.82 Å². The molecule has 0 aliphatic heterocycles. The number of nitrogen functional groups attached to an aromatic ring is 1. The van der Waals surface area contributed by atoms with Crippen molar-refractivity contribution in [3.8, 4) is 5.75 Å². The number of carboxylic acids is 1. The molecule has 0 aliphatic rings. The molecule has 0 atom stereocenters. The summed E-state index contributed by atoms with van der Waals surface area (Å²) in [5, 5.41) is 9.80. The van der Waals surface area contributed by atoms with Crippen molar-refractivity contribution in [1.29, 1.82) is 0 Å². The number of carbonyl (C=O) groups excluding carboxylic acids is 1. The van der Waals surface area contributed by atoms with Gasteiger partial charge in [-0.05, 0) is 39.6 Å². The normalized spacial score (nSPS) is 11.4. The number of nitrogens with zero attached hydrogens (tertiary/aromatic N) is 5. The molecule has 41 heavy (non-hydrogen) atoms. The van der Waals surface area contributed by atoms with Crippen LogP contribution in [0.5, 0.6) is 5.75 Å². The Labute approximate surface area is 237 Å². The molecule has 0 radical (unpaired) electrons. The number of hydrogen-bond donors (Lipinski definition) is 2. The highest BCUT2D eigenvalue weighted by molar-refractivity contribution is 6.06. The fourth-order valence-electron chi connectivity index (χ4n) is 4.67. The van der Waals surface area contributed by atoms with Crippen LogP contribution in [0.4, 0.5) is 10.2 Å². The summed E-state index contributed by atoms with van der Waals surface area (Å²) in [7, 11) is 3.58. The van der Waals surface area contributed by atoms with Crippen LogP contribution in [0.15, 0.2) is 42.5 Å². The predicted octanol–water partition coefficient (Wildman–Crippen LogP) is 3.29. The molecule has 12 heteroatoms. The maximum Gasteiger partial charge on any atom is 0.341 e. The molecule has 0 saturated carbocycles. The zero-order chi connectivity index (χ0) is 29.5. The van der Waals surface area contributed by atoms with Crippen molar-refractivity contribution in [2.45, 2.75) is 33.0 Å². The SMILES string of the molecule is CCOCc1nc2c(N)nc3ccccc3c2n1CCCN(Cc1cccc(OCC(=O)O)c1F)C(=O)CN(C)C. The number of hydrogen-bond acceptors (Lipinski definition) is 8. The Balaban J connectivity index is 1.61. The van der Waals surface area contributed by atoms with E-state index in [2.05, 4.69) is 9.55 Å². The van der Waals surface area contributed by atoms with E-state index in [0.29, 0.717) is 43.3 Å². The smallest absolute Gasteiger partial charge is 0.341 e. The third-order valence-electron chi connectivity index (χ3n) is 6.49. The van der Waals surface area contributed by atoms with Crippen molar-refractivity contribution in [3.63, 3.8) is 0 Å². The number of benzene rings is 2. The number of halogens is 1. The number of ether oxygens (including phenoxy) is 2. The zero-order valence-corrected chi connectivity index (χ0v) is 23.5. The minimum Gasteiger partial charge on any atom is -0.479 e. The summed E-state index contributed by atoms with van der Waals surface area (Å²) in [5.41, 5.74) is 8.72. The molecule has 4 rings (SSSR count). The summed E-state index contributed by atoms with van der Waals surface area (Å²) in [5.74, 6) is -1.21. The van der Waals surface area contributed by atoms with Crippen LogP contribution in [-0.4, -0.2) is 81.7 Å². The number of aliphatic carboxylic acids is 1. The van der Waals surface area contributed by atoms with Gasteiger partial charge >= 0.3 is 5.97 Å². The molecule has 0 fully saturated rings. The van der Waals surface area contributed by atoms with Crippen molar-refractivity contribution < 1.29 is 28.6 Å². The van der Waals surface area contributed by atoms with E-state index in [1.54, 1.807) is 36.0 Å². The number of carboxylic acid groups (broad SMARTS) is 1. The summed E-state index contributed by atoms with van der Waals surface area (Å²) in [6, 6.07) is 12.2. The number of anilines is 1. The van der Waals surface area contributed by atoms with Crippen molar-refractivity contribution in [2.75, 3.05) is 46.1 Å². The van der Waals surface area contributed by atoms with Gasteiger partial charge in [0.25, 0.3) is 0 Å². The van der Waals surface area contributed by atoms with E-state index < -0.39 is 18.4 Å². The number of pyridine rings is 1. The molecular weight excluding hydrogens is 531 g/mol. The summed E-state index contributed by atoms with van der Waals surface area (Å²) in [4.78, 5) is 36.7. The van der Waals surface area contributed by atoms with Gasteiger partial charge in [-0.3, -0.25) is 4.79 Å². The van der Waals surface area contributed by atoms with E-state index in [1.807, 2.05) is 31.2 Å². The van der Waals surface area contributed by atoms with Crippen molar-refractivity contribution in [3.05, 3.63) is 59.7 Å². The molecule has 0 saturated heterocycles. The lowest BCUT2D eigenvalue weighted by atomic mass is 10.1. The molecular formula is C29H35FN6O5. The van der Waals surface area contributed by atoms with Gasteiger partial charge in [0.15, 0.2) is 24.0 Å². The Kier molecular flexibility index (Phi) is 9.69. The third-order valence-corrected chi connectivity index (χ3v) is 6.49. The molecule has 0 unspecified atom stereocenters. The summed E-state index contributed by atoms with van der Waals surface area (Å²) < 4.78 is 28.0. The van der Waals surface area contributed by atoms with Crippen LogP contribution in [0.25, 0.3) is 21.9 Å². The molecule has 0 aliphatic carbocycles. The first-order chi connectivity index (χ1) is 19.7. The quantitative estimate of drug-likeness (QED) is 0.236. The lowest BCUT2D eigenvalue weighted by Crippen LogP contribution is -2.38. The summed E-state index contributed by atoms with van der Waals surface area (Å²) >= 11 is 0. The lowest BCUT2D eigenvalue weighted by molar-refractivity contribution is -0.139. The Bertz CT molecular complexity index is 1540.